The summed E-state index contributed by atoms with van der Waals surface area (Å²) < 4.78 is 13.3. The Balaban J connectivity index is 2.19. The lowest BCUT2D eigenvalue weighted by atomic mass is 10.2. The molecule has 0 aliphatic rings. The molecule has 0 fully saturated rings. The highest BCUT2D eigenvalue weighted by atomic mass is 79.9. The van der Waals surface area contributed by atoms with E-state index >= 15 is 0 Å². The third kappa shape index (κ3) is 2.87. The average molecular weight is 310 g/mol. The minimum atomic E-state index is -0.414. The number of amides is 1. The van der Waals surface area contributed by atoms with Crippen molar-refractivity contribution in [1.82, 2.24) is 0 Å². The second-order valence-electron chi connectivity index (χ2n) is 3.63. The second-order valence-corrected chi connectivity index (χ2v) is 4.48. The highest BCUT2D eigenvalue weighted by Crippen LogP contribution is 2.20. The molecule has 0 heterocycles. The van der Waals surface area contributed by atoms with Crippen LogP contribution in [0.15, 0.2) is 46.9 Å². The first-order chi connectivity index (χ1) is 8.56. The molecule has 2 rings (SSSR count). The van der Waals surface area contributed by atoms with Gasteiger partial charge in [0.2, 0.25) is 0 Å². The minimum Gasteiger partial charge on any atom is -0.508 e. The van der Waals surface area contributed by atoms with Crippen molar-refractivity contribution in [3.63, 3.8) is 0 Å². The first-order valence-electron chi connectivity index (χ1n) is 5.12. The monoisotopic (exact) mass is 309 g/mol. The van der Waals surface area contributed by atoms with Crippen LogP contribution in [0.1, 0.15) is 10.4 Å². The lowest BCUT2D eigenvalue weighted by Crippen LogP contribution is -2.12. The predicted octanol–water partition coefficient (Wildman–Crippen LogP) is 3.55. The topological polar surface area (TPSA) is 49.3 Å². The van der Waals surface area contributed by atoms with E-state index in [0.29, 0.717) is 15.7 Å². The summed E-state index contributed by atoms with van der Waals surface area (Å²) in [6, 6.07) is 9.93. The van der Waals surface area contributed by atoms with Gasteiger partial charge in [0.1, 0.15) is 11.6 Å². The Morgan fingerprint density at radius 2 is 1.83 bits per heavy atom. The van der Waals surface area contributed by atoms with Gasteiger partial charge in [-0.25, -0.2) is 4.39 Å². The lowest BCUT2D eigenvalue weighted by molar-refractivity contribution is 0.102. The fourth-order valence-corrected chi connectivity index (χ4v) is 1.95. The van der Waals surface area contributed by atoms with Gasteiger partial charge in [0.25, 0.3) is 5.91 Å². The van der Waals surface area contributed by atoms with Crippen LogP contribution in [0.5, 0.6) is 5.75 Å². The molecular weight excluding hydrogens is 301 g/mol. The summed E-state index contributed by atoms with van der Waals surface area (Å²) in [5.74, 6) is -0.647. The number of benzene rings is 2. The maximum absolute atomic E-state index is 12.9. The molecule has 0 atom stereocenters. The quantitative estimate of drug-likeness (QED) is 0.834. The van der Waals surface area contributed by atoms with Crippen LogP contribution in [0.4, 0.5) is 10.1 Å². The normalized spacial score (nSPS) is 10.1. The van der Waals surface area contributed by atoms with Gasteiger partial charge in [0.05, 0.1) is 5.56 Å². The molecule has 0 aliphatic carbocycles. The van der Waals surface area contributed by atoms with Crippen LogP contribution in [0.25, 0.3) is 0 Å². The molecule has 1 amide bonds. The van der Waals surface area contributed by atoms with E-state index in [0.717, 1.165) is 0 Å². The van der Waals surface area contributed by atoms with E-state index in [1.807, 2.05) is 0 Å². The number of nitrogens with one attached hydrogen (secondary N) is 1. The number of carbonyl (C=O) groups excluding carboxylic acids is 1. The zero-order valence-corrected chi connectivity index (χ0v) is 10.7. The van der Waals surface area contributed by atoms with Gasteiger partial charge in [-0.1, -0.05) is 0 Å². The number of carbonyl (C=O) groups is 1. The molecular formula is C13H9BrFNO2. The fourth-order valence-electron chi connectivity index (χ4n) is 1.42. The Bertz CT molecular complexity index is 584. The van der Waals surface area contributed by atoms with Gasteiger partial charge in [-0.15, -0.1) is 0 Å². The number of anilines is 1. The Kier molecular flexibility index (Phi) is 3.62. The van der Waals surface area contributed by atoms with Crippen molar-refractivity contribution in [2.75, 3.05) is 5.32 Å². The highest BCUT2D eigenvalue weighted by Gasteiger charge is 2.10. The number of phenols is 1. The van der Waals surface area contributed by atoms with Crippen LogP contribution in [0.2, 0.25) is 0 Å². The smallest absolute Gasteiger partial charge is 0.256 e. The molecule has 0 saturated carbocycles. The number of rotatable bonds is 2. The summed E-state index contributed by atoms with van der Waals surface area (Å²) >= 11 is 3.13. The standard InChI is InChI=1S/C13H9BrFNO2/c14-12-7-8(15)1-6-11(12)13(18)16-9-2-4-10(17)5-3-9/h1-7,17H,(H,16,18). The van der Waals surface area contributed by atoms with Crippen molar-refractivity contribution >= 4 is 27.5 Å². The molecule has 0 unspecified atom stereocenters. The fraction of sp³-hybridized carbons (Fsp3) is 0. The van der Waals surface area contributed by atoms with E-state index in [2.05, 4.69) is 21.2 Å². The van der Waals surface area contributed by atoms with Gasteiger partial charge >= 0.3 is 0 Å². The molecule has 2 aromatic carbocycles. The van der Waals surface area contributed by atoms with Crippen LogP contribution in [-0.2, 0) is 0 Å². The Morgan fingerprint density at radius 1 is 1.17 bits per heavy atom. The van der Waals surface area contributed by atoms with Crippen molar-refractivity contribution in [3.05, 3.63) is 58.3 Å². The second kappa shape index (κ2) is 5.18. The summed E-state index contributed by atoms with van der Waals surface area (Å²) in [6.07, 6.45) is 0. The van der Waals surface area contributed by atoms with Crippen LogP contribution in [0.3, 0.4) is 0 Å². The average Bonchev–Trinajstić information content (AvgIpc) is 2.32. The molecule has 2 N–H and O–H groups in total. The summed E-state index contributed by atoms with van der Waals surface area (Å²) in [5, 5.41) is 11.8. The van der Waals surface area contributed by atoms with Crippen molar-refractivity contribution in [1.29, 1.82) is 0 Å². The number of hydrogen-bond acceptors (Lipinski definition) is 2. The van der Waals surface area contributed by atoms with Gasteiger partial charge in [0.15, 0.2) is 0 Å². The van der Waals surface area contributed by atoms with Crippen molar-refractivity contribution in [2.45, 2.75) is 0 Å². The van der Waals surface area contributed by atoms with Crippen molar-refractivity contribution < 1.29 is 14.3 Å². The van der Waals surface area contributed by atoms with Crippen LogP contribution < -0.4 is 5.32 Å². The van der Waals surface area contributed by atoms with E-state index in [1.165, 1.54) is 30.3 Å². The Hall–Kier alpha value is -1.88. The molecule has 18 heavy (non-hydrogen) atoms. The van der Waals surface area contributed by atoms with Crippen LogP contribution in [-0.4, -0.2) is 11.0 Å². The maximum Gasteiger partial charge on any atom is 0.256 e. The molecule has 0 aromatic heterocycles. The third-order valence-electron chi connectivity index (χ3n) is 2.30. The van der Waals surface area contributed by atoms with E-state index in [-0.39, 0.29) is 11.7 Å². The predicted molar refractivity (Wildman–Crippen MR) is 70.2 cm³/mol. The first-order valence-corrected chi connectivity index (χ1v) is 5.91. The van der Waals surface area contributed by atoms with Crippen LogP contribution in [0, 0.1) is 5.82 Å². The Labute approximate surface area is 111 Å². The summed E-state index contributed by atoms with van der Waals surface area (Å²) in [4.78, 5) is 11.9. The number of hydrogen-bond donors (Lipinski definition) is 2. The SMILES string of the molecule is O=C(Nc1ccc(O)cc1)c1ccc(F)cc1Br. The highest BCUT2D eigenvalue weighted by molar-refractivity contribution is 9.10. The van der Waals surface area contributed by atoms with Gasteiger partial charge < -0.3 is 10.4 Å². The molecule has 5 heteroatoms. The van der Waals surface area contributed by atoms with E-state index in [4.69, 9.17) is 5.11 Å². The third-order valence-corrected chi connectivity index (χ3v) is 2.96. The Morgan fingerprint density at radius 3 is 2.44 bits per heavy atom. The minimum absolute atomic E-state index is 0.121. The van der Waals surface area contributed by atoms with Gasteiger partial charge in [-0.05, 0) is 58.4 Å². The number of phenolic OH excluding ortho intramolecular Hbond substituents is 1. The largest absolute Gasteiger partial charge is 0.508 e. The van der Waals surface area contributed by atoms with Gasteiger partial charge in [0, 0.05) is 10.2 Å². The van der Waals surface area contributed by atoms with E-state index < -0.39 is 5.82 Å². The van der Waals surface area contributed by atoms with Gasteiger partial charge in [-0.2, -0.15) is 0 Å². The van der Waals surface area contributed by atoms with E-state index in [1.54, 1.807) is 12.1 Å². The van der Waals surface area contributed by atoms with Crippen LogP contribution >= 0.6 is 15.9 Å². The number of halogens is 2. The zero-order chi connectivity index (χ0) is 13.1. The molecule has 0 spiro atoms. The number of aromatic hydroxyl groups is 1. The van der Waals surface area contributed by atoms with Crippen molar-refractivity contribution in [3.8, 4) is 5.75 Å². The molecule has 2 aromatic rings. The van der Waals surface area contributed by atoms with Gasteiger partial charge in [-0.3, -0.25) is 4.79 Å². The van der Waals surface area contributed by atoms with Crippen molar-refractivity contribution in [2.24, 2.45) is 0 Å². The molecule has 92 valence electrons. The lowest BCUT2D eigenvalue weighted by Gasteiger charge is -2.07. The molecule has 0 aliphatic heterocycles. The molecule has 0 radical (unpaired) electrons. The zero-order valence-electron chi connectivity index (χ0n) is 9.15. The molecule has 0 saturated heterocycles. The first kappa shape index (κ1) is 12.6. The summed E-state index contributed by atoms with van der Waals surface area (Å²) in [6.45, 7) is 0. The maximum atomic E-state index is 12.9. The van der Waals surface area contributed by atoms with E-state index in [9.17, 15) is 9.18 Å². The summed E-state index contributed by atoms with van der Waals surface area (Å²) in [7, 11) is 0. The molecule has 3 nitrogen and oxygen atoms in total. The molecule has 0 bridgehead atoms. The summed E-state index contributed by atoms with van der Waals surface area (Å²) in [5.41, 5.74) is 0.888.